The summed E-state index contributed by atoms with van der Waals surface area (Å²) in [7, 11) is 0. The molecule has 0 aliphatic heterocycles. The van der Waals surface area contributed by atoms with E-state index in [1.807, 2.05) is 6.92 Å². The SMILES string of the molecule is Cc1cc(Cl)ccc1OCC(=O)NCCc1ncc[nH]1. The van der Waals surface area contributed by atoms with Crippen molar-refractivity contribution in [2.75, 3.05) is 13.2 Å². The molecule has 0 aliphatic rings. The van der Waals surface area contributed by atoms with Gasteiger partial charge in [-0.15, -0.1) is 0 Å². The molecule has 2 N–H and O–H groups in total. The molecule has 20 heavy (non-hydrogen) atoms. The molecule has 0 atom stereocenters. The van der Waals surface area contributed by atoms with E-state index in [4.69, 9.17) is 16.3 Å². The van der Waals surface area contributed by atoms with Crippen molar-refractivity contribution in [1.29, 1.82) is 0 Å². The smallest absolute Gasteiger partial charge is 0.257 e. The van der Waals surface area contributed by atoms with E-state index in [1.165, 1.54) is 0 Å². The molecule has 5 nitrogen and oxygen atoms in total. The lowest BCUT2D eigenvalue weighted by Gasteiger charge is -2.09. The highest BCUT2D eigenvalue weighted by atomic mass is 35.5. The summed E-state index contributed by atoms with van der Waals surface area (Å²) in [4.78, 5) is 18.7. The Morgan fingerprint density at radius 1 is 1.50 bits per heavy atom. The average Bonchev–Trinajstić information content (AvgIpc) is 2.91. The van der Waals surface area contributed by atoms with Crippen LogP contribution in [0.5, 0.6) is 5.75 Å². The van der Waals surface area contributed by atoms with Crippen molar-refractivity contribution in [1.82, 2.24) is 15.3 Å². The molecule has 1 aromatic heterocycles. The maximum atomic E-state index is 11.6. The number of nitrogens with one attached hydrogen (secondary N) is 2. The minimum atomic E-state index is -0.161. The van der Waals surface area contributed by atoms with E-state index >= 15 is 0 Å². The van der Waals surface area contributed by atoms with Crippen LogP contribution in [0, 0.1) is 6.92 Å². The third-order valence-electron chi connectivity index (χ3n) is 2.73. The maximum absolute atomic E-state index is 11.6. The Bertz CT molecular complexity index is 570. The zero-order valence-corrected chi connectivity index (χ0v) is 11.9. The van der Waals surface area contributed by atoms with Crippen LogP contribution in [0.25, 0.3) is 0 Å². The van der Waals surface area contributed by atoms with Crippen molar-refractivity contribution < 1.29 is 9.53 Å². The largest absolute Gasteiger partial charge is 0.484 e. The number of aromatic nitrogens is 2. The Kier molecular flexibility index (Phi) is 5.01. The van der Waals surface area contributed by atoms with Crippen LogP contribution in [0.3, 0.4) is 0 Å². The zero-order chi connectivity index (χ0) is 14.4. The second-order valence-corrected chi connectivity index (χ2v) is 4.77. The molecular weight excluding hydrogens is 278 g/mol. The van der Waals surface area contributed by atoms with Crippen LogP contribution in [0.1, 0.15) is 11.4 Å². The van der Waals surface area contributed by atoms with Crippen molar-refractivity contribution in [2.24, 2.45) is 0 Å². The van der Waals surface area contributed by atoms with Crippen LogP contribution < -0.4 is 10.1 Å². The summed E-state index contributed by atoms with van der Waals surface area (Å²) in [5.41, 5.74) is 0.904. The number of nitrogens with zero attached hydrogens (tertiary/aromatic N) is 1. The van der Waals surface area contributed by atoms with E-state index in [1.54, 1.807) is 30.6 Å². The Hall–Kier alpha value is -2.01. The third kappa shape index (κ3) is 4.28. The molecule has 0 saturated carbocycles. The number of aromatic amines is 1. The number of carbonyl (C=O) groups is 1. The summed E-state index contributed by atoms with van der Waals surface area (Å²) in [5.74, 6) is 1.35. The first-order valence-electron chi connectivity index (χ1n) is 6.29. The van der Waals surface area contributed by atoms with Gasteiger partial charge in [-0.05, 0) is 30.7 Å². The second kappa shape index (κ2) is 6.96. The molecular formula is C14H16ClN3O2. The van der Waals surface area contributed by atoms with Gasteiger partial charge in [0.1, 0.15) is 11.6 Å². The number of aryl methyl sites for hydroxylation is 1. The first-order chi connectivity index (χ1) is 9.65. The Balaban J connectivity index is 1.72. The summed E-state index contributed by atoms with van der Waals surface area (Å²) < 4.78 is 5.45. The number of amides is 1. The molecule has 0 unspecified atom stereocenters. The normalized spacial score (nSPS) is 10.3. The highest BCUT2D eigenvalue weighted by Gasteiger charge is 2.05. The highest BCUT2D eigenvalue weighted by molar-refractivity contribution is 6.30. The summed E-state index contributed by atoms with van der Waals surface area (Å²) in [6.07, 6.45) is 4.10. The lowest BCUT2D eigenvalue weighted by Crippen LogP contribution is -2.30. The molecule has 0 spiro atoms. The van der Waals surface area contributed by atoms with Crippen molar-refractivity contribution in [3.05, 3.63) is 47.0 Å². The molecule has 106 valence electrons. The van der Waals surface area contributed by atoms with Gasteiger partial charge in [0, 0.05) is 30.4 Å². The predicted molar refractivity (Wildman–Crippen MR) is 77.0 cm³/mol. The van der Waals surface area contributed by atoms with Gasteiger partial charge in [-0.25, -0.2) is 4.98 Å². The van der Waals surface area contributed by atoms with Crippen LogP contribution in [-0.2, 0) is 11.2 Å². The minimum absolute atomic E-state index is 0.0133. The number of hydrogen-bond acceptors (Lipinski definition) is 3. The van der Waals surface area contributed by atoms with E-state index in [0.717, 1.165) is 11.4 Å². The molecule has 0 fully saturated rings. The van der Waals surface area contributed by atoms with Gasteiger partial charge in [-0.1, -0.05) is 11.6 Å². The molecule has 0 aliphatic carbocycles. The number of imidazole rings is 1. The highest BCUT2D eigenvalue weighted by Crippen LogP contribution is 2.21. The van der Waals surface area contributed by atoms with Gasteiger partial charge < -0.3 is 15.0 Å². The van der Waals surface area contributed by atoms with Crippen LogP contribution in [0.2, 0.25) is 5.02 Å². The Labute approximate surface area is 122 Å². The van der Waals surface area contributed by atoms with Gasteiger partial charge in [0.15, 0.2) is 6.61 Å². The van der Waals surface area contributed by atoms with E-state index in [9.17, 15) is 4.79 Å². The number of rotatable bonds is 6. The molecule has 0 radical (unpaired) electrons. The fourth-order valence-electron chi connectivity index (χ4n) is 1.72. The molecule has 1 heterocycles. The maximum Gasteiger partial charge on any atom is 0.257 e. The van der Waals surface area contributed by atoms with Crippen LogP contribution in [-0.4, -0.2) is 29.0 Å². The lowest BCUT2D eigenvalue weighted by molar-refractivity contribution is -0.123. The quantitative estimate of drug-likeness (QED) is 0.857. The molecule has 1 aromatic carbocycles. The van der Waals surface area contributed by atoms with E-state index in [0.29, 0.717) is 23.7 Å². The molecule has 0 saturated heterocycles. The molecule has 6 heteroatoms. The predicted octanol–water partition coefficient (Wildman–Crippen LogP) is 2.11. The summed E-state index contributed by atoms with van der Waals surface area (Å²) in [6, 6.07) is 5.29. The number of carbonyl (C=O) groups excluding carboxylic acids is 1. The Morgan fingerprint density at radius 2 is 2.35 bits per heavy atom. The van der Waals surface area contributed by atoms with Crippen molar-refractivity contribution in [3.63, 3.8) is 0 Å². The number of benzene rings is 1. The average molecular weight is 294 g/mol. The first-order valence-corrected chi connectivity index (χ1v) is 6.67. The molecule has 1 amide bonds. The number of hydrogen-bond donors (Lipinski definition) is 2. The minimum Gasteiger partial charge on any atom is -0.484 e. The third-order valence-corrected chi connectivity index (χ3v) is 2.97. The molecule has 2 aromatic rings. The van der Waals surface area contributed by atoms with E-state index < -0.39 is 0 Å². The number of ether oxygens (including phenoxy) is 1. The summed E-state index contributed by atoms with van der Waals surface area (Å²) in [5, 5.41) is 3.42. The first kappa shape index (κ1) is 14.4. The molecule has 0 bridgehead atoms. The van der Waals surface area contributed by atoms with Crippen molar-refractivity contribution in [3.8, 4) is 5.75 Å². The van der Waals surface area contributed by atoms with Crippen molar-refractivity contribution in [2.45, 2.75) is 13.3 Å². The fourth-order valence-corrected chi connectivity index (χ4v) is 1.95. The van der Waals surface area contributed by atoms with Gasteiger partial charge in [0.2, 0.25) is 0 Å². The van der Waals surface area contributed by atoms with E-state index in [2.05, 4.69) is 15.3 Å². The van der Waals surface area contributed by atoms with Gasteiger partial charge in [0.25, 0.3) is 5.91 Å². The van der Waals surface area contributed by atoms with Gasteiger partial charge >= 0.3 is 0 Å². The number of halogens is 1. The van der Waals surface area contributed by atoms with E-state index in [-0.39, 0.29) is 12.5 Å². The Morgan fingerprint density at radius 3 is 3.05 bits per heavy atom. The van der Waals surface area contributed by atoms with Gasteiger partial charge in [-0.2, -0.15) is 0 Å². The van der Waals surface area contributed by atoms with Crippen LogP contribution in [0.4, 0.5) is 0 Å². The number of H-pyrrole nitrogens is 1. The zero-order valence-electron chi connectivity index (χ0n) is 11.1. The van der Waals surface area contributed by atoms with Gasteiger partial charge in [-0.3, -0.25) is 4.79 Å². The summed E-state index contributed by atoms with van der Waals surface area (Å²) in [6.45, 7) is 2.39. The molecule has 2 rings (SSSR count). The fraction of sp³-hybridized carbons (Fsp3) is 0.286. The monoisotopic (exact) mass is 293 g/mol. The van der Waals surface area contributed by atoms with Crippen molar-refractivity contribution >= 4 is 17.5 Å². The van der Waals surface area contributed by atoms with Gasteiger partial charge in [0.05, 0.1) is 0 Å². The topological polar surface area (TPSA) is 67.0 Å². The standard InChI is InChI=1S/C14H16ClN3O2/c1-10-8-11(15)2-3-12(10)20-9-14(19)18-5-4-13-16-6-7-17-13/h2-3,6-8H,4-5,9H2,1H3,(H,16,17)(H,18,19). The van der Waals surface area contributed by atoms with Crippen LogP contribution in [0.15, 0.2) is 30.6 Å². The lowest BCUT2D eigenvalue weighted by atomic mass is 10.2. The second-order valence-electron chi connectivity index (χ2n) is 4.33. The van der Waals surface area contributed by atoms with Crippen LogP contribution >= 0.6 is 11.6 Å². The summed E-state index contributed by atoms with van der Waals surface area (Å²) >= 11 is 5.85.